The Morgan fingerprint density at radius 1 is 1.33 bits per heavy atom. The molecule has 1 N–H and O–H groups in total. The van der Waals surface area contributed by atoms with Gasteiger partial charge in [-0.05, 0) is 44.9 Å². The third-order valence-corrected chi connectivity index (χ3v) is 3.68. The minimum atomic E-state index is -0.538. The first-order valence-electron chi connectivity index (χ1n) is 8.03. The first kappa shape index (κ1) is 17.8. The molecule has 1 aromatic rings. The van der Waals surface area contributed by atoms with Crippen LogP contribution in [0.3, 0.4) is 0 Å². The minimum absolute atomic E-state index is 0.0630. The SMILES string of the molecule is CC(C)(C)OC(=O)N[C@H]1CCN(C(=O)c2ccc(CC#N)cc2)C1. The van der Waals surface area contributed by atoms with Crippen molar-refractivity contribution in [2.24, 2.45) is 0 Å². The highest BCUT2D eigenvalue weighted by atomic mass is 16.6. The molecule has 128 valence electrons. The lowest BCUT2D eigenvalue weighted by Gasteiger charge is -2.22. The van der Waals surface area contributed by atoms with Crippen molar-refractivity contribution in [2.75, 3.05) is 13.1 Å². The Balaban J connectivity index is 1.89. The molecule has 1 aromatic carbocycles. The zero-order chi connectivity index (χ0) is 17.7. The number of hydrogen-bond donors (Lipinski definition) is 1. The van der Waals surface area contributed by atoms with Gasteiger partial charge >= 0.3 is 6.09 Å². The Morgan fingerprint density at radius 3 is 2.58 bits per heavy atom. The Kier molecular flexibility index (Phi) is 5.45. The van der Waals surface area contributed by atoms with Gasteiger partial charge in [0.2, 0.25) is 0 Å². The average Bonchev–Trinajstić information content (AvgIpc) is 2.94. The largest absolute Gasteiger partial charge is 0.444 e. The molecule has 2 amide bonds. The second kappa shape index (κ2) is 7.35. The van der Waals surface area contributed by atoms with Crippen molar-refractivity contribution in [1.29, 1.82) is 5.26 Å². The maximum Gasteiger partial charge on any atom is 0.407 e. The molecule has 1 atom stereocenters. The molecular formula is C18H23N3O3. The van der Waals surface area contributed by atoms with Crippen molar-refractivity contribution in [3.63, 3.8) is 0 Å². The molecule has 1 aliphatic heterocycles. The molecule has 24 heavy (non-hydrogen) atoms. The van der Waals surface area contributed by atoms with Crippen LogP contribution in [-0.2, 0) is 11.2 Å². The van der Waals surface area contributed by atoms with Gasteiger partial charge in [-0.2, -0.15) is 5.26 Å². The maximum absolute atomic E-state index is 12.5. The predicted molar refractivity (Wildman–Crippen MR) is 89.4 cm³/mol. The molecule has 0 bridgehead atoms. The lowest BCUT2D eigenvalue weighted by molar-refractivity contribution is 0.0502. The van der Waals surface area contributed by atoms with Crippen molar-refractivity contribution < 1.29 is 14.3 Å². The van der Waals surface area contributed by atoms with Gasteiger partial charge in [-0.15, -0.1) is 0 Å². The normalized spacial score (nSPS) is 17.2. The van der Waals surface area contributed by atoms with E-state index < -0.39 is 11.7 Å². The third-order valence-electron chi connectivity index (χ3n) is 3.68. The fraction of sp³-hybridized carbons (Fsp3) is 0.500. The van der Waals surface area contributed by atoms with Gasteiger partial charge in [0.15, 0.2) is 0 Å². The van der Waals surface area contributed by atoms with Crippen LogP contribution in [-0.4, -0.2) is 41.6 Å². The van der Waals surface area contributed by atoms with E-state index >= 15 is 0 Å². The number of nitrogens with zero attached hydrogens (tertiary/aromatic N) is 2. The molecule has 0 saturated carbocycles. The second-order valence-corrected chi connectivity index (χ2v) is 6.91. The summed E-state index contributed by atoms with van der Waals surface area (Å²) >= 11 is 0. The summed E-state index contributed by atoms with van der Waals surface area (Å²) in [5.74, 6) is -0.0630. The quantitative estimate of drug-likeness (QED) is 0.923. The minimum Gasteiger partial charge on any atom is -0.444 e. The number of ether oxygens (including phenoxy) is 1. The first-order valence-corrected chi connectivity index (χ1v) is 8.03. The van der Waals surface area contributed by atoms with Crippen molar-refractivity contribution in [2.45, 2.75) is 45.3 Å². The van der Waals surface area contributed by atoms with Gasteiger partial charge in [0, 0.05) is 18.7 Å². The highest BCUT2D eigenvalue weighted by Gasteiger charge is 2.29. The van der Waals surface area contributed by atoms with E-state index in [1.807, 2.05) is 20.8 Å². The number of nitrogens with one attached hydrogen (secondary N) is 1. The van der Waals surface area contributed by atoms with E-state index in [0.717, 1.165) is 5.56 Å². The number of alkyl carbamates (subject to hydrolysis) is 1. The van der Waals surface area contributed by atoms with Gasteiger partial charge in [-0.3, -0.25) is 4.79 Å². The average molecular weight is 329 g/mol. The van der Waals surface area contributed by atoms with Crippen molar-refractivity contribution in [3.8, 4) is 6.07 Å². The highest BCUT2D eigenvalue weighted by molar-refractivity contribution is 5.94. The summed E-state index contributed by atoms with van der Waals surface area (Å²) in [5.41, 5.74) is 0.943. The molecule has 1 fully saturated rings. The molecule has 0 aromatic heterocycles. The number of hydrogen-bond acceptors (Lipinski definition) is 4. The Hall–Kier alpha value is -2.55. The van der Waals surface area contributed by atoms with E-state index in [-0.39, 0.29) is 11.9 Å². The molecule has 0 radical (unpaired) electrons. The summed E-state index contributed by atoms with van der Waals surface area (Å²) < 4.78 is 5.24. The van der Waals surface area contributed by atoms with Gasteiger partial charge in [0.25, 0.3) is 5.91 Å². The summed E-state index contributed by atoms with van der Waals surface area (Å²) in [6.45, 7) is 6.50. The number of carbonyl (C=O) groups excluding carboxylic acids is 2. The Morgan fingerprint density at radius 2 is 2.00 bits per heavy atom. The molecule has 0 unspecified atom stereocenters. The van der Waals surface area contributed by atoms with E-state index in [2.05, 4.69) is 11.4 Å². The van der Waals surface area contributed by atoms with Gasteiger partial charge in [-0.25, -0.2) is 4.79 Å². The van der Waals surface area contributed by atoms with Crippen LogP contribution in [0.25, 0.3) is 0 Å². The molecule has 2 rings (SSSR count). The van der Waals surface area contributed by atoms with Gasteiger partial charge in [0.1, 0.15) is 5.60 Å². The zero-order valence-corrected chi connectivity index (χ0v) is 14.3. The number of likely N-dealkylation sites (tertiary alicyclic amines) is 1. The van der Waals surface area contributed by atoms with Crippen LogP contribution in [0.15, 0.2) is 24.3 Å². The highest BCUT2D eigenvalue weighted by Crippen LogP contribution is 2.15. The van der Waals surface area contributed by atoms with Crippen molar-refractivity contribution >= 4 is 12.0 Å². The predicted octanol–water partition coefficient (Wildman–Crippen LogP) is 2.49. The number of amides is 2. The molecule has 1 aliphatic rings. The van der Waals surface area contributed by atoms with Crippen LogP contribution in [0.4, 0.5) is 4.79 Å². The smallest absolute Gasteiger partial charge is 0.407 e. The van der Waals surface area contributed by atoms with E-state index in [1.165, 1.54) is 0 Å². The Labute approximate surface area is 142 Å². The van der Waals surface area contributed by atoms with Crippen LogP contribution in [0.5, 0.6) is 0 Å². The van der Waals surface area contributed by atoms with E-state index in [9.17, 15) is 9.59 Å². The number of rotatable bonds is 3. The summed E-state index contributed by atoms with van der Waals surface area (Å²) in [4.78, 5) is 26.0. The lowest BCUT2D eigenvalue weighted by Crippen LogP contribution is -2.41. The fourth-order valence-corrected chi connectivity index (χ4v) is 2.58. The zero-order valence-electron chi connectivity index (χ0n) is 14.3. The topological polar surface area (TPSA) is 82.4 Å². The van der Waals surface area contributed by atoms with Crippen LogP contribution < -0.4 is 5.32 Å². The van der Waals surface area contributed by atoms with E-state index in [1.54, 1.807) is 29.2 Å². The fourth-order valence-electron chi connectivity index (χ4n) is 2.58. The summed E-state index contributed by atoms with van der Waals surface area (Å²) in [6, 6.07) is 9.05. The molecule has 1 heterocycles. The Bertz CT molecular complexity index is 641. The lowest BCUT2D eigenvalue weighted by atomic mass is 10.1. The second-order valence-electron chi connectivity index (χ2n) is 6.91. The van der Waals surface area contributed by atoms with Crippen LogP contribution >= 0.6 is 0 Å². The van der Waals surface area contributed by atoms with E-state index in [0.29, 0.717) is 31.5 Å². The van der Waals surface area contributed by atoms with E-state index in [4.69, 9.17) is 10.00 Å². The van der Waals surface area contributed by atoms with Gasteiger partial charge in [-0.1, -0.05) is 12.1 Å². The molecular weight excluding hydrogens is 306 g/mol. The summed E-state index contributed by atoms with van der Waals surface area (Å²) in [6.07, 6.45) is 0.583. The van der Waals surface area contributed by atoms with Crippen LogP contribution in [0, 0.1) is 11.3 Å². The molecule has 1 saturated heterocycles. The van der Waals surface area contributed by atoms with Crippen molar-refractivity contribution in [1.82, 2.24) is 10.2 Å². The first-order chi connectivity index (χ1) is 11.3. The third kappa shape index (κ3) is 4.98. The monoisotopic (exact) mass is 329 g/mol. The van der Waals surface area contributed by atoms with Crippen molar-refractivity contribution in [3.05, 3.63) is 35.4 Å². The standard InChI is InChI=1S/C18H23N3O3/c1-18(2,3)24-17(23)20-15-9-11-21(12-15)16(22)14-6-4-13(5-7-14)8-10-19/h4-7,15H,8-9,11-12H2,1-3H3,(H,20,23)/t15-/m0/s1. The molecule has 0 spiro atoms. The summed E-state index contributed by atoms with van der Waals surface area (Å²) in [5, 5.41) is 11.5. The van der Waals surface area contributed by atoms with Crippen LogP contribution in [0.2, 0.25) is 0 Å². The number of nitriles is 1. The molecule has 0 aliphatic carbocycles. The number of benzene rings is 1. The maximum atomic E-state index is 12.5. The molecule has 6 nitrogen and oxygen atoms in total. The molecule has 6 heteroatoms. The van der Waals surface area contributed by atoms with Gasteiger partial charge in [0.05, 0.1) is 18.5 Å². The number of carbonyl (C=O) groups is 2. The van der Waals surface area contributed by atoms with Gasteiger partial charge < -0.3 is 15.0 Å². The summed E-state index contributed by atoms with van der Waals surface area (Å²) in [7, 11) is 0. The van der Waals surface area contributed by atoms with Crippen LogP contribution in [0.1, 0.15) is 43.1 Å².